The van der Waals surface area contributed by atoms with Crippen LogP contribution in [0.3, 0.4) is 0 Å². The molecule has 0 bridgehead atoms. The number of carbonyl (C=O) groups is 1. The number of hydrogen-bond acceptors (Lipinski definition) is 2. The van der Waals surface area contributed by atoms with Crippen LogP contribution in [0.1, 0.15) is 53.8 Å². The summed E-state index contributed by atoms with van der Waals surface area (Å²) in [6.07, 6.45) is 8.88. The van der Waals surface area contributed by atoms with Crippen molar-refractivity contribution in [2.75, 3.05) is 0 Å². The minimum absolute atomic E-state index is 0.0992. The first kappa shape index (κ1) is 20.6. The Labute approximate surface area is 181 Å². The number of rotatable bonds is 6. The molecule has 1 aliphatic rings. The molecule has 1 fully saturated rings. The van der Waals surface area contributed by atoms with Gasteiger partial charge in [0.1, 0.15) is 11.6 Å². The van der Waals surface area contributed by atoms with Crippen molar-refractivity contribution in [1.82, 2.24) is 14.5 Å². The van der Waals surface area contributed by atoms with E-state index in [2.05, 4.69) is 4.98 Å². The lowest BCUT2D eigenvalue weighted by atomic mass is 9.93. The zero-order valence-electron chi connectivity index (χ0n) is 16.8. The van der Waals surface area contributed by atoms with Crippen LogP contribution in [0, 0.1) is 5.82 Å². The second-order valence-corrected chi connectivity index (χ2v) is 8.24. The van der Waals surface area contributed by atoms with E-state index in [1.54, 1.807) is 24.4 Å². The normalized spacial score (nSPS) is 14.6. The van der Waals surface area contributed by atoms with Gasteiger partial charge in [-0.3, -0.25) is 4.79 Å². The molecule has 0 saturated heterocycles. The Hall–Kier alpha value is -2.66. The van der Waals surface area contributed by atoms with Gasteiger partial charge in [-0.2, -0.15) is 0 Å². The highest BCUT2D eigenvalue weighted by molar-refractivity contribution is 6.30. The average Bonchev–Trinajstić information content (AvgIpc) is 3.19. The largest absolute Gasteiger partial charge is 0.329 e. The number of hydrogen-bond donors (Lipinski definition) is 0. The summed E-state index contributed by atoms with van der Waals surface area (Å²) in [6, 6.07) is 14.0. The summed E-state index contributed by atoms with van der Waals surface area (Å²) in [6.45, 7) is 0.966. The molecule has 0 radical (unpaired) electrons. The van der Waals surface area contributed by atoms with Crippen LogP contribution in [-0.4, -0.2) is 26.4 Å². The second kappa shape index (κ2) is 9.43. The van der Waals surface area contributed by atoms with Crippen LogP contribution in [0.4, 0.5) is 4.39 Å². The van der Waals surface area contributed by atoms with Gasteiger partial charge >= 0.3 is 0 Å². The molecule has 0 spiro atoms. The van der Waals surface area contributed by atoms with E-state index in [0.29, 0.717) is 18.1 Å². The Kier molecular flexibility index (Phi) is 6.48. The van der Waals surface area contributed by atoms with Gasteiger partial charge in [0, 0.05) is 30.0 Å². The number of nitrogens with zero attached hydrogens (tertiary/aromatic N) is 3. The SMILES string of the molecule is O=C(c1ccccc1F)N(Cc1nccn1Cc1cccc(Cl)c1)C1CCCCC1. The predicted molar refractivity (Wildman–Crippen MR) is 116 cm³/mol. The molecule has 1 aromatic heterocycles. The zero-order valence-corrected chi connectivity index (χ0v) is 17.6. The standard InChI is InChI=1S/C24H25ClFN3O/c25-19-8-6-7-18(15-19)16-28-14-13-27-23(28)17-29(20-9-2-1-3-10-20)24(30)21-11-4-5-12-22(21)26/h4-8,11-15,20H,1-3,9-10,16-17H2. The highest BCUT2D eigenvalue weighted by atomic mass is 35.5. The number of aromatic nitrogens is 2. The first-order valence-corrected chi connectivity index (χ1v) is 10.8. The van der Waals surface area contributed by atoms with E-state index in [4.69, 9.17) is 11.6 Å². The average molecular weight is 426 g/mol. The Morgan fingerprint density at radius 3 is 2.70 bits per heavy atom. The fourth-order valence-corrected chi connectivity index (χ4v) is 4.38. The third-order valence-corrected chi connectivity index (χ3v) is 5.97. The molecule has 0 atom stereocenters. The summed E-state index contributed by atoms with van der Waals surface area (Å²) in [5.41, 5.74) is 1.18. The Morgan fingerprint density at radius 1 is 1.13 bits per heavy atom. The van der Waals surface area contributed by atoms with E-state index >= 15 is 0 Å². The summed E-state index contributed by atoms with van der Waals surface area (Å²) >= 11 is 6.12. The van der Waals surface area contributed by atoms with Gasteiger partial charge in [-0.25, -0.2) is 9.37 Å². The maximum atomic E-state index is 14.4. The van der Waals surface area contributed by atoms with Gasteiger partial charge in [0.05, 0.1) is 12.1 Å². The van der Waals surface area contributed by atoms with E-state index in [9.17, 15) is 9.18 Å². The molecule has 2 aromatic carbocycles. The smallest absolute Gasteiger partial charge is 0.257 e. The van der Waals surface area contributed by atoms with Gasteiger partial charge in [-0.1, -0.05) is 55.1 Å². The maximum absolute atomic E-state index is 14.4. The minimum atomic E-state index is -0.481. The van der Waals surface area contributed by atoms with Crippen molar-refractivity contribution in [3.63, 3.8) is 0 Å². The number of benzene rings is 2. The van der Waals surface area contributed by atoms with Crippen LogP contribution in [0.15, 0.2) is 60.9 Å². The summed E-state index contributed by atoms with van der Waals surface area (Å²) in [4.78, 5) is 19.7. The lowest BCUT2D eigenvalue weighted by Crippen LogP contribution is -2.42. The molecule has 1 saturated carbocycles. The van der Waals surface area contributed by atoms with Gasteiger partial charge in [0.2, 0.25) is 0 Å². The summed E-state index contributed by atoms with van der Waals surface area (Å²) in [7, 11) is 0. The van der Waals surface area contributed by atoms with Crippen LogP contribution >= 0.6 is 11.6 Å². The van der Waals surface area contributed by atoms with Crippen LogP contribution in [0.2, 0.25) is 5.02 Å². The predicted octanol–water partition coefficient (Wildman–Crippen LogP) is 5.70. The van der Waals surface area contributed by atoms with E-state index in [0.717, 1.165) is 37.1 Å². The molecule has 4 nitrogen and oxygen atoms in total. The highest BCUT2D eigenvalue weighted by Gasteiger charge is 2.29. The summed E-state index contributed by atoms with van der Waals surface area (Å²) in [5.74, 6) is 0.0353. The molecule has 30 heavy (non-hydrogen) atoms. The van der Waals surface area contributed by atoms with Gasteiger partial charge in [-0.15, -0.1) is 0 Å². The van der Waals surface area contributed by atoms with E-state index in [1.807, 2.05) is 39.9 Å². The van der Waals surface area contributed by atoms with Crippen LogP contribution in [0.5, 0.6) is 0 Å². The molecule has 0 aliphatic heterocycles. The molecule has 1 aliphatic carbocycles. The monoisotopic (exact) mass is 425 g/mol. The third-order valence-electron chi connectivity index (χ3n) is 5.74. The molecular formula is C24H25ClFN3O. The van der Waals surface area contributed by atoms with Crippen LogP contribution in [0.25, 0.3) is 0 Å². The molecule has 3 aromatic rings. The van der Waals surface area contributed by atoms with Crippen molar-refractivity contribution in [3.05, 3.63) is 88.7 Å². The summed E-state index contributed by atoms with van der Waals surface area (Å²) < 4.78 is 16.4. The van der Waals surface area contributed by atoms with E-state index in [1.165, 1.54) is 12.5 Å². The topological polar surface area (TPSA) is 38.1 Å². The molecule has 0 unspecified atom stereocenters. The van der Waals surface area contributed by atoms with Crippen molar-refractivity contribution >= 4 is 17.5 Å². The number of imidazole rings is 1. The quantitative estimate of drug-likeness (QED) is 0.508. The lowest BCUT2D eigenvalue weighted by molar-refractivity contribution is 0.0600. The maximum Gasteiger partial charge on any atom is 0.257 e. The van der Waals surface area contributed by atoms with Crippen LogP contribution < -0.4 is 0 Å². The van der Waals surface area contributed by atoms with Crippen molar-refractivity contribution < 1.29 is 9.18 Å². The van der Waals surface area contributed by atoms with Crippen molar-refractivity contribution in [2.45, 2.75) is 51.2 Å². The fourth-order valence-electron chi connectivity index (χ4n) is 4.17. The molecule has 1 amide bonds. The Bertz CT molecular complexity index is 1010. The van der Waals surface area contributed by atoms with Gasteiger partial charge in [0.15, 0.2) is 0 Å². The lowest BCUT2D eigenvalue weighted by Gasteiger charge is -2.34. The van der Waals surface area contributed by atoms with E-state index < -0.39 is 5.82 Å². The Balaban J connectivity index is 1.60. The molecule has 6 heteroatoms. The van der Waals surface area contributed by atoms with Gasteiger partial charge < -0.3 is 9.47 Å². The Morgan fingerprint density at radius 2 is 1.93 bits per heavy atom. The molecular weight excluding hydrogens is 401 g/mol. The van der Waals surface area contributed by atoms with Crippen LogP contribution in [-0.2, 0) is 13.1 Å². The first-order valence-electron chi connectivity index (χ1n) is 10.4. The number of halogens is 2. The van der Waals surface area contributed by atoms with Crippen molar-refractivity contribution in [1.29, 1.82) is 0 Å². The summed E-state index contributed by atoms with van der Waals surface area (Å²) in [5, 5.41) is 0.688. The van der Waals surface area contributed by atoms with Gasteiger partial charge in [0.25, 0.3) is 5.91 Å². The minimum Gasteiger partial charge on any atom is -0.329 e. The van der Waals surface area contributed by atoms with Crippen molar-refractivity contribution in [2.24, 2.45) is 0 Å². The van der Waals surface area contributed by atoms with E-state index in [-0.39, 0.29) is 17.5 Å². The number of amides is 1. The molecule has 0 N–H and O–H groups in total. The zero-order chi connectivity index (χ0) is 20.9. The van der Waals surface area contributed by atoms with Gasteiger partial charge in [-0.05, 0) is 42.7 Å². The second-order valence-electron chi connectivity index (χ2n) is 7.81. The fraction of sp³-hybridized carbons (Fsp3) is 0.333. The third kappa shape index (κ3) is 4.73. The molecule has 1 heterocycles. The highest BCUT2D eigenvalue weighted by Crippen LogP contribution is 2.26. The molecule has 156 valence electrons. The first-order chi connectivity index (χ1) is 14.6. The molecule has 4 rings (SSSR count). The number of carbonyl (C=O) groups excluding carboxylic acids is 1. The van der Waals surface area contributed by atoms with Crippen molar-refractivity contribution in [3.8, 4) is 0 Å².